The number of benzene rings is 4. The fourth-order valence-corrected chi connectivity index (χ4v) is 7.47. The molecule has 0 N–H and O–H groups in total. The molecule has 0 amide bonds. The summed E-state index contributed by atoms with van der Waals surface area (Å²) in [5, 5.41) is 0. The highest BCUT2D eigenvalue weighted by atomic mass is 15.1. The first-order valence-corrected chi connectivity index (χ1v) is 19.3. The van der Waals surface area contributed by atoms with Crippen LogP contribution in [0.1, 0.15) is 31.2 Å². The predicted octanol–water partition coefficient (Wildman–Crippen LogP) is 11.0. The smallest absolute Gasteiger partial charge is 0.164 e. The molecular weight excluding hydrogens is 715 g/mol. The Balaban J connectivity index is 1.27. The quantitative estimate of drug-likeness (QED) is 0.149. The van der Waals surface area contributed by atoms with E-state index in [4.69, 9.17) is 24.9 Å². The van der Waals surface area contributed by atoms with E-state index >= 15 is 0 Å². The van der Waals surface area contributed by atoms with Crippen LogP contribution in [-0.2, 0) is 0 Å². The maximum Gasteiger partial charge on any atom is 0.164 e. The molecule has 5 aromatic heterocycles. The molecule has 4 aromatic carbocycles. The standard InChI is InChI=1S/C49H37N9/c1-32-9-3-4-10-34(18-15-32)45-54-46(35-19-16-33(2)17-20-35)56-47(55-45)36-29-37(48-52-41-11-5-7-13-43(41)57(48)39-21-25-50-26-22-39)31-38(30-36)49-53-42-12-6-8-14-44(42)58(49)40-23-27-51-28-24-40/h3-8,11-31H,9-10H2,1-2H3/b4-3-,32-15-,34-18+. The van der Waals surface area contributed by atoms with Gasteiger partial charge in [0.05, 0.1) is 33.4 Å². The first-order valence-electron chi connectivity index (χ1n) is 19.3. The Labute approximate surface area is 335 Å². The summed E-state index contributed by atoms with van der Waals surface area (Å²) in [6.45, 7) is 4.23. The van der Waals surface area contributed by atoms with Crippen LogP contribution in [-0.4, -0.2) is 44.0 Å². The number of hydrogen-bond donors (Lipinski definition) is 0. The van der Waals surface area contributed by atoms with Crippen LogP contribution in [0.15, 0.2) is 170 Å². The van der Waals surface area contributed by atoms with Gasteiger partial charge in [0.15, 0.2) is 17.5 Å². The summed E-state index contributed by atoms with van der Waals surface area (Å²) < 4.78 is 4.37. The zero-order chi connectivity index (χ0) is 39.0. The molecule has 9 heteroatoms. The van der Waals surface area contributed by atoms with Crippen molar-refractivity contribution in [2.75, 3.05) is 0 Å². The van der Waals surface area contributed by atoms with Crippen molar-refractivity contribution in [1.82, 2.24) is 44.0 Å². The Bertz CT molecular complexity index is 2930. The summed E-state index contributed by atoms with van der Waals surface area (Å²) in [5.74, 6) is 3.32. The van der Waals surface area contributed by atoms with E-state index in [9.17, 15) is 0 Å². The van der Waals surface area contributed by atoms with Crippen molar-refractivity contribution in [3.8, 4) is 56.9 Å². The van der Waals surface area contributed by atoms with Crippen LogP contribution in [0.5, 0.6) is 0 Å². The third kappa shape index (κ3) is 6.58. The third-order valence-electron chi connectivity index (χ3n) is 10.4. The Morgan fingerprint density at radius 1 is 0.448 bits per heavy atom. The van der Waals surface area contributed by atoms with Crippen LogP contribution in [0.3, 0.4) is 0 Å². The predicted molar refractivity (Wildman–Crippen MR) is 231 cm³/mol. The Morgan fingerprint density at radius 3 is 1.53 bits per heavy atom. The molecule has 0 fully saturated rings. The minimum atomic E-state index is 0.550. The van der Waals surface area contributed by atoms with Crippen molar-refractivity contribution in [2.45, 2.75) is 26.7 Å². The summed E-state index contributed by atoms with van der Waals surface area (Å²) >= 11 is 0. The van der Waals surface area contributed by atoms with Crippen molar-refractivity contribution < 1.29 is 0 Å². The molecule has 0 saturated heterocycles. The van der Waals surface area contributed by atoms with Crippen LogP contribution < -0.4 is 0 Å². The number of aryl methyl sites for hydroxylation is 1. The summed E-state index contributed by atoms with van der Waals surface area (Å²) in [6, 6.07) is 39.2. The van der Waals surface area contributed by atoms with Crippen LogP contribution >= 0.6 is 0 Å². The number of nitrogens with zero attached hydrogens (tertiary/aromatic N) is 9. The minimum absolute atomic E-state index is 0.550. The number of aromatic nitrogens is 9. The number of allylic oxidation sites excluding steroid dienone is 6. The third-order valence-corrected chi connectivity index (χ3v) is 10.4. The van der Waals surface area contributed by atoms with Gasteiger partial charge in [0.1, 0.15) is 11.6 Å². The molecule has 9 nitrogen and oxygen atoms in total. The van der Waals surface area contributed by atoms with Gasteiger partial charge in [0.2, 0.25) is 0 Å². The van der Waals surface area contributed by atoms with E-state index in [2.05, 4.69) is 112 Å². The maximum atomic E-state index is 5.27. The van der Waals surface area contributed by atoms with Crippen molar-refractivity contribution >= 4 is 27.6 Å². The molecule has 278 valence electrons. The van der Waals surface area contributed by atoms with Crippen molar-refractivity contribution in [3.05, 3.63) is 181 Å². The van der Waals surface area contributed by atoms with E-state index in [1.807, 2.05) is 85.5 Å². The second kappa shape index (κ2) is 14.8. The van der Waals surface area contributed by atoms with Gasteiger partial charge >= 0.3 is 0 Å². The fourth-order valence-electron chi connectivity index (χ4n) is 7.47. The van der Waals surface area contributed by atoms with E-state index in [0.29, 0.717) is 23.9 Å². The lowest BCUT2D eigenvalue weighted by Crippen LogP contribution is -2.04. The molecule has 0 atom stereocenters. The largest absolute Gasteiger partial charge is 0.292 e. The van der Waals surface area contributed by atoms with E-state index in [1.54, 1.807) is 0 Å². The molecule has 1 aliphatic carbocycles. The average molecular weight is 752 g/mol. The number of imidazole rings is 2. The van der Waals surface area contributed by atoms with Gasteiger partial charge in [-0.3, -0.25) is 19.1 Å². The van der Waals surface area contributed by atoms with Gasteiger partial charge in [-0.25, -0.2) is 24.9 Å². The monoisotopic (exact) mass is 751 g/mol. The van der Waals surface area contributed by atoms with E-state index in [0.717, 1.165) is 79.3 Å². The van der Waals surface area contributed by atoms with Crippen LogP contribution in [0.2, 0.25) is 0 Å². The number of pyridine rings is 2. The molecule has 0 saturated carbocycles. The lowest BCUT2D eigenvalue weighted by molar-refractivity contribution is 1.02. The lowest BCUT2D eigenvalue weighted by Gasteiger charge is -2.15. The highest BCUT2D eigenvalue weighted by Gasteiger charge is 2.22. The summed E-state index contributed by atoms with van der Waals surface area (Å²) in [5.41, 5.74) is 12.5. The normalized spacial score (nSPS) is 15.3. The zero-order valence-corrected chi connectivity index (χ0v) is 32.0. The van der Waals surface area contributed by atoms with Gasteiger partial charge in [-0.05, 0) is 93.4 Å². The van der Waals surface area contributed by atoms with E-state index in [-0.39, 0.29) is 0 Å². The average Bonchev–Trinajstić information content (AvgIpc) is 3.85. The second-order valence-electron chi connectivity index (χ2n) is 14.5. The van der Waals surface area contributed by atoms with Gasteiger partial charge in [0, 0.05) is 52.6 Å². The maximum absolute atomic E-state index is 5.27. The first kappa shape index (κ1) is 34.8. The molecule has 0 aliphatic heterocycles. The van der Waals surface area contributed by atoms with Gasteiger partial charge in [-0.15, -0.1) is 0 Å². The molecule has 0 bridgehead atoms. The minimum Gasteiger partial charge on any atom is -0.292 e. The number of hydrogen-bond acceptors (Lipinski definition) is 7. The highest BCUT2D eigenvalue weighted by Crippen LogP contribution is 2.37. The van der Waals surface area contributed by atoms with Gasteiger partial charge in [0.25, 0.3) is 0 Å². The summed E-state index contributed by atoms with van der Waals surface area (Å²) in [6.07, 6.45) is 17.6. The molecular formula is C49H37N9. The lowest BCUT2D eigenvalue weighted by atomic mass is 10.0. The van der Waals surface area contributed by atoms with Gasteiger partial charge < -0.3 is 0 Å². The second-order valence-corrected chi connectivity index (χ2v) is 14.5. The van der Waals surface area contributed by atoms with Crippen LogP contribution in [0.4, 0.5) is 0 Å². The number of para-hydroxylation sites is 4. The molecule has 1 aliphatic rings. The van der Waals surface area contributed by atoms with Gasteiger partial charge in [-0.1, -0.05) is 84.0 Å². The molecule has 5 heterocycles. The summed E-state index contributed by atoms with van der Waals surface area (Å²) in [4.78, 5) is 34.8. The molecule has 0 unspecified atom stereocenters. The Morgan fingerprint density at radius 2 is 0.948 bits per heavy atom. The SMILES string of the molecule is C/C1=C/C=C(/c2nc(-c3ccc(C)cc3)nc(-c3cc(-c4nc5ccccc5n4-c4ccncc4)cc(-c4nc5ccccc5n4-c4ccncc4)c3)n2)C/C=C\C1. The molecule has 10 rings (SSSR count). The van der Waals surface area contributed by atoms with Crippen molar-refractivity contribution in [2.24, 2.45) is 0 Å². The summed E-state index contributed by atoms with van der Waals surface area (Å²) in [7, 11) is 0. The first-order chi connectivity index (χ1) is 28.6. The number of rotatable bonds is 7. The van der Waals surface area contributed by atoms with Crippen LogP contribution in [0.25, 0.3) is 84.6 Å². The molecule has 0 spiro atoms. The van der Waals surface area contributed by atoms with E-state index < -0.39 is 0 Å². The fraction of sp³-hybridized carbons (Fsp3) is 0.0816. The molecule has 0 radical (unpaired) electrons. The van der Waals surface area contributed by atoms with E-state index in [1.165, 1.54) is 11.1 Å². The van der Waals surface area contributed by atoms with Gasteiger partial charge in [-0.2, -0.15) is 0 Å². The van der Waals surface area contributed by atoms with Crippen LogP contribution in [0, 0.1) is 6.92 Å². The Hall–Kier alpha value is -7.65. The zero-order valence-electron chi connectivity index (χ0n) is 32.0. The number of fused-ring (bicyclic) bond motifs is 2. The van der Waals surface area contributed by atoms with Crippen molar-refractivity contribution in [1.29, 1.82) is 0 Å². The molecule has 58 heavy (non-hydrogen) atoms. The van der Waals surface area contributed by atoms with Crippen molar-refractivity contribution in [3.63, 3.8) is 0 Å². The highest BCUT2D eigenvalue weighted by molar-refractivity contribution is 5.88. The Kier molecular flexibility index (Phi) is 8.87. The topological polar surface area (TPSA) is 100 Å². The molecule has 9 aromatic rings.